The van der Waals surface area contributed by atoms with Crippen LogP contribution in [0.3, 0.4) is 0 Å². The Morgan fingerprint density at radius 2 is 2.07 bits per heavy atom. The number of anilines is 3. The van der Waals surface area contributed by atoms with Crippen molar-refractivity contribution < 1.29 is 17.9 Å². The largest absolute Gasteiger partial charge is 0.421 e. The van der Waals surface area contributed by atoms with Crippen LogP contribution in [0.4, 0.5) is 30.6 Å². The van der Waals surface area contributed by atoms with Crippen molar-refractivity contribution in [2.24, 2.45) is 0 Å². The molecule has 1 aliphatic carbocycles. The van der Waals surface area contributed by atoms with Crippen LogP contribution in [-0.4, -0.2) is 39.5 Å². The van der Waals surface area contributed by atoms with E-state index in [1.165, 1.54) is 0 Å². The minimum atomic E-state index is -4.52. The molecule has 0 saturated heterocycles. The van der Waals surface area contributed by atoms with Gasteiger partial charge in [-0.25, -0.2) is 4.98 Å². The fourth-order valence-corrected chi connectivity index (χ4v) is 2.87. The Kier molecular flexibility index (Phi) is 4.80. The highest BCUT2D eigenvalue weighted by Crippen LogP contribution is 2.36. The number of hydrogen-bond acceptors (Lipinski definition) is 6. The van der Waals surface area contributed by atoms with E-state index in [1.54, 1.807) is 24.1 Å². The molecular formula is C18H19F3N6O. The summed E-state index contributed by atoms with van der Waals surface area (Å²) in [6.45, 7) is 1.11. The average Bonchev–Trinajstić information content (AvgIpc) is 3.36. The number of fused-ring (bicyclic) bond motifs is 1. The molecule has 1 aromatic carbocycles. The number of alkyl halides is 3. The summed E-state index contributed by atoms with van der Waals surface area (Å²) in [5, 5.41) is 11.0. The van der Waals surface area contributed by atoms with Crippen molar-refractivity contribution in [2.45, 2.75) is 31.6 Å². The van der Waals surface area contributed by atoms with Gasteiger partial charge in [-0.1, -0.05) is 6.07 Å². The van der Waals surface area contributed by atoms with E-state index in [4.69, 9.17) is 4.74 Å². The standard InChI is InChI=1S/C18H19F3N6O/c1-28-8-7-27-15-4-2-3-14(12(15)9-23-27)25-17-22-10-13(18(19,20)21)16(26-17)24-11-5-6-11/h2-4,9-11H,5-8H2,1H3,(H2,22,24,25,26). The molecule has 2 aromatic heterocycles. The van der Waals surface area contributed by atoms with E-state index >= 15 is 0 Å². The lowest BCUT2D eigenvalue weighted by Gasteiger charge is -2.14. The molecule has 0 amide bonds. The maximum atomic E-state index is 13.2. The van der Waals surface area contributed by atoms with Crippen LogP contribution in [0.25, 0.3) is 10.9 Å². The van der Waals surface area contributed by atoms with Gasteiger partial charge in [-0.3, -0.25) is 4.68 Å². The molecule has 4 rings (SSSR count). The fourth-order valence-electron chi connectivity index (χ4n) is 2.87. The fraction of sp³-hybridized carbons (Fsp3) is 0.389. The predicted molar refractivity (Wildman–Crippen MR) is 98.6 cm³/mol. The monoisotopic (exact) mass is 392 g/mol. The first-order valence-electron chi connectivity index (χ1n) is 8.87. The summed E-state index contributed by atoms with van der Waals surface area (Å²) in [5.74, 6) is -0.108. The molecule has 28 heavy (non-hydrogen) atoms. The Bertz CT molecular complexity index is 983. The molecule has 148 valence electrons. The molecular weight excluding hydrogens is 373 g/mol. The first kappa shape index (κ1) is 18.5. The van der Waals surface area contributed by atoms with Crippen LogP contribution in [0.15, 0.2) is 30.6 Å². The first-order valence-corrected chi connectivity index (χ1v) is 8.87. The summed E-state index contributed by atoms with van der Waals surface area (Å²) < 4.78 is 46.6. The third-order valence-electron chi connectivity index (χ3n) is 4.45. The van der Waals surface area contributed by atoms with Crippen LogP contribution < -0.4 is 10.6 Å². The number of rotatable bonds is 7. The van der Waals surface area contributed by atoms with Crippen LogP contribution >= 0.6 is 0 Å². The molecule has 2 N–H and O–H groups in total. The van der Waals surface area contributed by atoms with Gasteiger partial charge in [0.2, 0.25) is 5.95 Å². The smallest absolute Gasteiger partial charge is 0.383 e. The quantitative estimate of drug-likeness (QED) is 0.637. The van der Waals surface area contributed by atoms with Crippen LogP contribution in [0.1, 0.15) is 18.4 Å². The van der Waals surface area contributed by atoms with Crippen molar-refractivity contribution in [3.63, 3.8) is 0 Å². The zero-order valence-electron chi connectivity index (χ0n) is 15.1. The number of nitrogens with one attached hydrogen (secondary N) is 2. The minimum absolute atomic E-state index is 0.0336. The molecule has 1 saturated carbocycles. The molecule has 0 bridgehead atoms. The highest BCUT2D eigenvalue weighted by Gasteiger charge is 2.36. The van der Waals surface area contributed by atoms with Crippen molar-refractivity contribution in [1.29, 1.82) is 0 Å². The lowest BCUT2D eigenvalue weighted by Crippen LogP contribution is -2.15. The van der Waals surface area contributed by atoms with E-state index in [9.17, 15) is 13.2 Å². The number of methoxy groups -OCH3 is 1. The molecule has 7 nitrogen and oxygen atoms in total. The number of aromatic nitrogens is 4. The zero-order chi connectivity index (χ0) is 19.7. The lowest BCUT2D eigenvalue weighted by atomic mass is 10.2. The van der Waals surface area contributed by atoms with Gasteiger partial charge in [0.15, 0.2) is 0 Å². The van der Waals surface area contributed by atoms with E-state index in [0.29, 0.717) is 18.8 Å². The SMILES string of the molecule is COCCn1ncc2c(Nc3ncc(C(F)(F)F)c(NC4CC4)n3)cccc21. The second-order valence-corrected chi connectivity index (χ2v) is 6.60. The van der Waals surface area contributed by atoms with Crippen molar-refractivity contribution in [2.75, 3.05) is 24.4 Å². The summed E-state index contributed by atoms with van der Waals surface area (Å²) in [6.07, 6.45) is -0.338. The summed E-state index contributed by atoms with van der Waals surface area (Å²) in [5.41, 5.74) is 0.680. The zero-order valence-corrected chi connectivity index (χ0v) is 15.1. The van der Waals surface area contributed by atoms with E-state index in [1.807, 2.05) is 12.1 Å². The van der Waals surface area contributed by atoms with Gasteiger partial charge in [-0.2, -0.15) is 23.3 Å². The molecule has 0 aliphatic heterocycles. The maximum absolute atomic E-state index is 13.2. The Morgan fingerprint density at radius 1 is 1.25 bits per heavy atom. The number of ether oxygens (including phenoxy) is 1. The summed E-state index contributed by atoms with van der Waals surface area (Å²) in [4.78, 5) is 7.94. The highest BCUT2D eigenvalue weighted by atomic mass is 19.4. The van der Waals surface area contributed by atoms with Gasteiger partial charge < -0.3 is 15.4 Å². The van der Waals surface area contributed by atoms with Gasteiger partial charge in [-0.05, 0) is 25.0 Å². The van der Waals surface area contributed by atoms with Crippen LogP contribution in [-0.2, 0) is 17.5 Å². The lowest BCUT2D eigenvalue weighted by molar-refractivity contribution is -0.137. The molecule has 3 aromatic rings. The molecule has 1 fully saturated rings. The summed E-state index contributed by atoms with van der Waals surface area (Å²) in [6, 6.07) is 5.59. The second-order valence-electron chi connectivity index (χ2n) is 6.60. The Hall–Kier alpha value is -2.88. The highest BCUT2D eigenvalue weighted by molar-refractivity contribution is 5.92. The first-order chi connectivity index (χ1) is 13.5. The van der Waals surface area contributed by atoms with Crippen LogP contribution in [0.5, 0.6) is 0 Å². The Balaban J connectivity index is 1.64. The third kappa shape index (κ3) is 3.86. The second kappa shape index (κ2) is 7.27. The van der Waals surface area contributed by atoms with Gasteiger partial charge in [0.1, 0.15) is 11.4 Å². The maximum Gasteiger partial charge on any atom is 0.421 e. The molecule has 0 unspecified atom stereocenters. The number of halogens is 3. The van der Waals surface area contributed by atoms with Crippen molar-refractivity contribution in [3.8, 4) is 0 Å². The Morgan fingerprint density at radius 3 is 2.79 bits per heavy atom. The minimum Gasteiger partial charge on any atom is -0.383 e. The molecule has 1 aliphatic rings. The van der Waals surface area contributed by atoms with E-state index in [-0.39, 0.29) is 17.8 Å². The van der Waals surface area contributed by atoms with E-state index < -0.39 is 11.7 Å². The van der Waals surface area contributed by atoms with E-state index in [0.717, 1.165) is 29.9 Å². The molecule has 0 spiro atoms. The van der Waals surface area contributed by atoms with Crippen molar-refractivity contribution in [3.05, 3.63) is 36.2 Å². The van der Waals surface area contributed by atoms with Crippen LogP contribution in [0, 0.1) is 0 Å². The predicted octanol–water partition coefficient (Wildman–Crippen LogP) is 3.81. The van der Waals surface area contributed by atoms with Gasteiger partial charge in [0.05, 0.1) is 30.6 Å². The molecule has 2 heterocycles. The van der Waals surface area contributed by atoms with Gasteiger partial charge in [0, 0.05) is 24.7 Å². The third-order valence-corrected chi connectivity index (χ3v) is 4.45. The number of benzene rings is 1. The van der Waals surface area contributed by atoms with Crippen LogP contribution in [0.2, 0.25) is 0 Å². The van der Waals surface area contributed by atoms with Gasteiger partial charge in [-0.15, -0.1) is 0 Å². The molecule has 10 heteroatoms. The molecule has 0 atom stereocenters. The van der Waals surface area contributed by atoms with Crippen molar-refractivity contribution in [1.82, 2.24) is 19.7 Å². The summed E-state index contributed by atoms with van der Waals surface area (Å²) >= 11 is 0. The van der Waals surface area contributed by atoms with Crippen molar-refractivity contribution >= 4 is 28.4 Å². The summed E-state index contributed by atoms with van der Waals surface area (Å²) in [7, 11) is 1.62. The Labute approximate surface area is 158 Å². The topological polar surface area (TPSA) is 76.9 Å². The molecule has 0 radical (unpaired) electrons. The van der Waals surface area contributed by atoms with Gasteiger partial charge >= 0.3 is 6.18 Å². The number of hydrogen-bond donors (Lipinski definition) is 2. The van der Waals surface area contributed by atoms with Gasteiger partial charge in [0.25, 0.3) is 0 Å². The normalized spacial score (nSPS) is 14.4. The van der Waals surface area contributed by atoms with E-state index in [2.05, 4.69) is 25.7 Å². The number of nitrogens with zero attached hydrogens (tertiary/aromatic N) is 4. The average molecular weight is 392 g/mol.